The third kappa shape index (κ3) is 5.36. The minimum absolute atomic E-state index is 0.412. The molecule has 0 aromatic carbocycles. The quantitative estimate of drug-likeness (QED) is 0.177. The molecular formula is C38H49N5O2. The van der Waals surface area contributed by atoms with E-state index < -0.39 is 5.91 Å². The molecule has 0 aliphatic carbocycles. The van der Waals surface area contributed by atoms with Gasteiger partial charge in [0, 0.05) is 33.1 Å². The number of carbonyl (C=O) groups is 2. The summed E-state index contributed by atoms with van der Waals surface area (Å²) >= 11 is 0. The lowest BCUT2D eigenvalue weighted by molar-refractivity contribution is -0.121. The largest absolute Gasteiger partial charge is 0.355 e. The molecular weight excluding hydrogens is 558 g/mol. The van der Waals surface area contributed by atoms with Gasteiger partial charge in [0.25, 0.3) is 5.91 Å². The molecule has 0 unspecified atom stereocenters. The zero-order chi connectivity index (χ0) is 32.4. The third-order valence-corrected chi connectivity index (χ3v) is 9.68. The number of aromatic nitrogens is 4. The van der Waals surface area contributed by atoms with Crippen molar-refractivity contribution in [3.05, 3.63) is 88.7 Å². The molecule has 4 aromatic rings. The monoisotopic (exact) mass is 607 g/mol. The summed E-state index contributed by atoms with van der Waals surface area (Å²) < 4.78 is 0. The van der Waals surface area contributed by atoms with Gasteiger partial charge in [-0.15, -0.1) is 0 Å². The van der Waals surface area contributed by atoms with Gasteiger partial charge >= 0.3 is 0 Å². The Kier molecular flexibility index (Phi) is 9.56. The molecule has 1 aliphatic heterocycles. The topological polar surface area (TPSA) is 109 Å². The number of hydrogen-bond acceptors (Lipinski definition) is 2. The van der Waals surface area contributed by atoms with E-state index in [-0.39, 0.29) is 0 Å². The van der Waals surface area contributed by atoms with Gasteiger partial charge in [-0.1, -0.05) is 55.4 Å². The number of carbonyl (C=O) groups excluding carboxylic acids is 2. The first-order valence-electron chi connectivity index (χ1n) is 16.9. The maximum Gasteiger partial charge on any atom is 0.261 e. The average molecular weight is 608 g/mol. The molecule has 0 atom stereocenters. The van der Waals surface area contributed by atoms with E-state index in [1.54, 1.807) is 0 Å². The number of H-pyrrole nitrogens is 4. The second-order valence-corrected chi connectivity index (χ2v) is 11.8. The average Bonchev–Trinajstić information content (AvgIpc) is 3.76. The first-order valence-corrected chi connectivity index (χ1v) is 16.9. The van der Waals surface area contributed by atoms with Crippen LogP contribution in [0.3, 0.4) is 0 Å². The highest BCUT2D eigenvalue weighted by atomic mass is 16.2. The van der Waals surface area contributed by atoms with Crippen LogP contribution in [0.4, 0.5) is 0 Å². The maximum absolute atomic E-state index is 13.9. The fourth-order valence-corrected chi connectivity index (χ4v) is 7.72. The lowest BCUT2D eigenvalue weighted by atomic mass is 9.97. The minimum atomic E-state index is -0.412. The third-order valence-electron chi connectivity index (χ3n) is 9.68. The molecule has 5 N–H and O–H groups in total. The van der Waals surface area contributed by atoms with Crippen molar-refractivity contribution in [1.82, 2.24) is 25.3 Å². The van der Waals surface area contributed by atoms with Crippen LogP contribution in [-0.2, 0) is 61.0 Å². The molecule has 5 heterocycles. The molecule has 0 saturated carbocycles. The van der Waals surface area contributed by atoms with Crippen LogP contribution in [0.15, 0.2) is 0 Å². The summed E-state index contributed by atoms with van der Waals surface area (Å²) in [6, 6.07) is 0. The van der Waals surface area contributed by atoms with Crippen LogP contribution >= 0.6 is 0 Å². The first-order chi connectivity index (χ1) is 21.8. The molecule has 4 aromatic heterocycles. The summed E-state index contributed by atoms with van der Waals surface area (Å²) in [7, 11) is 0. The van der Waals surface area contributed by atoms with Crippen LogP contribution in [-0.4, -0.2) is 32.3 Å². The van der Waals surface area contributed by atoms with Gasteiger partial charge in [0.05, 0.1) is 16.6 Å². The van der Waals surface area contributed by atoms with Crippen molar-refractivity contribution in [2.24, 2.45) is 0 Å². The number of rotatable bonds is 10. The van der Waals surface area contributed by atoms with E-state index in [4.69, 9.17) is 0 Å². The van der Waals surface area contributed by atoms with Crippen molar-refractivity contribution in [3.8, 4) is 0 Å². The second-order valence-electron chi connectivity index (χ2n) is 11.8. The zero-order valence-electron chi connectivity index (χ0n) is 28.3. The van der Waals surface area contributed by atoms with Gasteiger partial charge in [-0.2, -0.15) is 0 Å². The normalized spacial score (nSPS) is 12.5. The van der Waals surface area contributed by atoms with E-state index in [0.29, 0.717) is 12.0 Å². The van der Waals surface area contributed by atoms with Gasteiger partial charge in [-0.05, 0) is 114 Å². The molecule has 7 heteroatoms. The Hall–Kier alpha value is -4.26. The first kappa shape index (κ1) is 32.1. The Morgan fingerprint density at radius 2 is 0.933 bits per heavy atom. The molecule has 45 heavy (non-hydrogen) atoms. The minimum Gasteiger partial charge on any atom is -0.355 e. The highest BCUT2D eigenvalue weighted by molar-refractivity contribution is 6.21. The van der Waals surface area contributed by atoms with Gasteiger partial charge < -0.3 is 19.9 Å². The Balaban J connectivity index is 2.10. The van der Waals surface area contributed by atoms with E-state index in [1.165, 1.54) is 33.4 Å². The number of aromatic amines is 4. The van der Waals surface area contributed by atoms with Crippen LogP contribution in [0.1, 0.15) is 123 Å². The molecule has 1 aliphatic rings. The number of fused-ring (bicyclic) bond motifs is 8. The molecule has 5 rings (SSSR count). The van der Waals surface area contributed by atoms with Crippen LogP contribution in [0, 0.1) is 0 Å². The van der Waals surface area contributed by atoms with Crippen molar-refractivity contribution < 1.29 is 9.59 Å². The SMILES string of the molecule is CCc1c2[nH]c(c1CC)C=c1[nH]c(c(CC)c1CC)=C(C(=O)NC=O)c1[nH]c(c(CC)c1CC)C=c1[nH]c(c(CC)c1CC)=C2. The molecule has 0 saturated heterocycles. The van der Waals surface area contributed by atoms with Gasteiger partial charge in [0.15, 0.2) is 0 Å². The molecule has 8 bridgehead atoms. The molecule has 2 amide bonds. The summed E-state index contributed by atoms with van der Waals surface area (Å²) in [5, 5.41) is 6.48. The number of imide groups is 1. The zero-order valence-corrected chi connectivity index (χ0v) is 28.3. The molecule has 238 valence electrons. The summed E-state index contributed by atoms with van der Waals surface area (Å²) in [6.45, 7) is 17.5. The van der Waals surface area contributed by atoms with Crippen molar-refractivity contribution in [3.63, 3.8) is 0 Å². The standard InChI is InChI=1S/C38H49N5O2/c1-9-21-23(11-3)31-18-33-25(13-5)27(15-7)36(42-33)35(38(45)39-20-44)37-28(16-8)26(14-6)34(43-37)19-32-24(12-4)22(10-2)30(41-32)17-29(21)40-31/h17-20,40-43H,9-16H2,1-8H3,(H,39,44,45). The van der Waals surface area contributed by atoms with Crippen LogP contribution in [0.25, 0.3) is 23.8 Å². The second kappa shape index (κ2) is 13.4. The lowest BCUT2D eigenvalue weighted by Gasteiger charge is -2.09. The van der Waals surface area contributed by atoms with Crippen molar-refractivity contribution in [1.29, 1.82) is 0 Å². The van der Waals surface area contributed by atoms with Crippen molar-refractivity contribution in [2.45, 2.75) is 107 Å². The predicted octanol–water partition coefficient (Wildman–Crippen LogP) is 3.77. The van der Waals surface area contributed by atoms with E-state index in [9.17, 15) is 9.59 Å². The van der Waals surface area contributed by atoms with Gasteiger partial charge in [0.2, 0.25) is 6.41 Å². The van der Waals surface area contributed by atoms with Crippen LogP contribution in [0.5, 0.6) is 0 Å². The molecule has 0 radical (unpaired) electrons. The maximum atomic E-state index is 13.9. The fourth-order valence-electron chi connectivity index (χ4n) is 7.72. The highest BCUT2D eigenvalue weighted by Gasteiger charge is 2.25. The predicted molar refractivity (Wildman–Crippen MR) is 184 cm³/mol. The van der Waals surface area contributed by atoms with Gasteiger partial charge in [-0.25, -0.2) is 0 Å². The van der Waals surface area contributed by atoms with E-state index in [0.717, 1.165) is 107 Å². The van der Waals surface area contributed by atoms with E-state index in [1.807, 2.05) is 0 Å². The molecule has 0 spiro atoms. The van der Waals surface area contributed by atoms with E-state index in [2.05, 4.69) is 98.9 Å². The van der Waals surface area contributed by atoms with Crippen LogP contribution < -0.4 is 26.7 Å². The summed E-state index contributed by atoms with van der Waals surface area (Å²) in [6.07, 6.45) is 14.0. The Labute approximate surface area is 266 Å². The summed E-state index contributed by atoms with van der Waals surface area (Å²) in [5.41, 5.74) is 14.4. The van der Waals surface area contributed by atoms with Crippen molar-refractivity contribution >= 4 is 36.1 Å². The molecule has 0 fully saturated rings. The Morgan fingerprint density at radius 1 is 0.533 bits per heavy atom. The van der Waals surface area contributed by atoms with Gasteiger partial charge in [-0.3, -0.25) is 14.9 Å². The van der Waals surface area contributed by atoms with E-state index >= 15 is 0 Å². The summed E-state index contributed by atoms with van der Waals surface area (Å²) in [4.78, 5) is 40.6. The summed E-state index contributed by atoms with van der Waals surface area (Å²) in [5.74, 6) is -0.412. The molecule has 7 nitrogen and oxygen atoms in total. The number of amides is 2. The Morgan fingerprint density at radius 3 is 1.38 bits per heavy atom. The van der Waals surface area contributed by atoms with Gasteiger partial charge in [0.1, 0.15) is 0 Å². The smallest absolute Gasteiger partial charge is 0.261 e. The number of nitrogens with one attached hydrogen (secondary N) is 5. The highest BCUT2D eigenvalue weighted by Crippen LogP contribution is 2.27. The lowest BCUT2D eigenvalue weighted by Crippen LogP contribution is -2.30. The fraction of sp³-hybridized carbons (Fsp3) is 0.421. The van der Waals surface area contributed by atoms with Crippen molar-refractivity contribution in [2.75, 3.05) is 0 Å². The number of hydrogen-bond donors (Lipinski definition) is 5. The Bertz CT molecular complexity index is 2010. The van der Waals surface area contributed by atoms with Crippen LogP contribution in [0.2, 0.25) is 0 Å².